The maximum absolute atomic E-state index is 14.2. The van der Waals surface area contributed by atoms with Crippen LogP contribution in [0.25, 0.3) is 11.3 Å². The average Bonchev–Trinajstić information content (AvgIpc) is 3.25. The summed E-state index contributed by atoms with van der Waals surface area (Å²) in [5.74, 6) is 0.230. The van der Waals surface area contributed by atoms with E-state index >= 15 is 0 Å². The number of benzene rings is 2. The lowest BCUT2D eigenvalue weighted by molar-refractivity contribution is 0.0457. The second-order valence-corrected chi connectivity index (χ2v) is 13.9. The van der Waals surface area contributed by atoms with Crippen molar-refractivity contribution >= 4 is 21.9 Å². The van der Waals surface area contributed by atoms with E-state index in [0.717, 1.165) is 23.1 Å². The molecule has 1 fully saturated rings. The highest BCUT2D eigenvalue weighted by Gasteiger charge is 2.40. The average molecular weight is 578 g/mol. The Labute approximate surface area is 242 Å². The van der Waals surface area contributed by atoms with E-state index in [2.05, 4.69) is 47.7 Å². The fourth-order valence-electron chi connectivity index (χ4n) is 5.96. The number of anilines is 1. The highest BCUT2D eigenvalue weighted by molar-refractivity contribution is 7.92. The molecule has 218 valence electrons. The molecule has 10 heteroatoms. The summed E-state index contributed by atoms with van der Waals surface area (Å²) in [5, 5.41) is 3.53. The lowest BCUT2D eigenvalue weighted by Crippen LogP contribution is -2.51. The molecule has 0 radical (unpaired) electrons. The lowest BCUT2D eigenvalue weighted by atomic mass is 9.96. The van der Waals surface area contributed by atoms with Crippen LogP contribution in [0, 0.1) is 19.8 Å². The number of ether oxygens (including phenoxy) is 1. The van der Waals surface area contributed by atoms with E-state index in [0.29, 0.717) is 24.2 Å². The number of nitrogens with zero attached hydrogens (tertiary/aromatic N) is 3. The number of aromatic nitrogens is 2. The Hall–Kier alpha value is -3.50. The Morgan fingerprint density at radius 2 is 1.78 bits per heavy atom. The third-order valence-electron chi connectivity index (χ3n) is 7.81. The van der Waals surface area contributed by atoms with Gasteiger partial charge in [0.2, 0.25) is 11.8 Å². The summed E-state index contributed by atoms with van der Waals surface area (Å²) in [6.07, 6.45) is 1.47. The van der Waals surface area contributed by atoms with Gasteiger partial charge in [-0.25, -0.2) is 18.1 Å². The quantitative estimate of drug-likeness (QED) is 0.451. The number of sulfonamides is 1. The van der Waals surface area contributed by atoms with Gasteiger partial charge in [-0.05, 0) is 75.8 Å². The fraction of sp³-hybridized carbons (Fsp3) is 0.452. The van der Waals surface area contributed by atoms with Crippen LogP contribution in [-0.2, 0) is 10.0 Å². The van der Waals surface area contributed by atoms with Gasteiger partial charge in [-0.3, -0.25) is 4.79 Å². The number of rotatable bonds is 4. The van der Waals surface area contributed by atoms with Gasteiger partial charge in [0, 0.05) is 35.3 Å². The topological polar surface area (TPSA) is 114 Å². The Morgan fingerprint density at radius 3 is 2.44 bits per heavy atom. The highest BCUT2D eigenvalue weighted by atomic mass is 32.2. The van der Waals surface area contributed by atoms with Gasteiger partial charge in [0.1, 0.15) is 6.61 Å². The monoisotopic (exact) mass is 577 g/mol. The molecule has 5 rings (SSSR count). The third-order valence-corrected chi connectivity index (χ3v) is 9.13. The molecule has 1 aromatic heterocycles. The van der Waals surface area contributed by atoms with E-state index in [1.165, 1.54) is 12.1 Å². The molecule has 0 spiro atoms. The third kappa shape index (κ3) is 6.23. The van der Waals surface area contributed by atoms with Crippen LogP contribution >= 0.6 is 0 Å². The van der Waals surface area contributed by atoms with Crippen molar-refractivity contribution in [3.8, 4) is 17.1 Å². The van der Waals surface area contributed by atoms with Crippen LogP contribution in [0.4, 0.5) is 5.95 Å². The largest absolute Gasteiger partial charge is 0.475 e. The summed E-state index contributed by atoms with van der Waals surface area (Å²) < 4.78 is 35.9. The summed E-state index contributed by atoms with van der Waals surface area (Å²) in [6.45, 7) is 13.3. The summed E-state index contributed by atoms with van der Waals surface area (Å²) in [5.41, 5.74) is 3.63. The molecule has 41 heavy (non-hydrogen) atoms. The van der Waals surface area contributed by atoms with Gasteiger partial charge in [-0.2, -0.15) is 4.98 Å². The number of hydrogen-bond acceptors (Lipinski definition) is 7. The first-order chi connectivity index (χ1) is 19.3. The molecule has 1 amide bonds. The summed E-state index contributed by atoms with van der Waals surface area (Å²) in [7, 11) is -4.10. The van der Waals surface area contributed by atoms with Crippen molar-refractivity contribution in [2.24, 2.45) is 5.92 Å². The fourth-order valence-corrected chi connectivity index (χ4v) is 6.95. The molecule has 2 N–H and O–H groups in total. The number of hydrogen-bond donors (Lipinski definition) is 2. The predicted molar refractivity (Wildman–Crippen MR) is 160 cm³/mol. The standard InChI is InChI=1S/C31H39N5O4S/c1-19(2)13-23-18-40-27-15-26(28-20(3)9-7-10-21(28)4)33-30(34-27)35-41(38,39)25-12-8-11-22(14-25)29(37)36(23)24-16-31(5,6)32-17-24/h7-12,14-15,19,23-24,32H,13,16-18H2,1-6H3,(H,33,34,35)/t23-,24?/m1/s1. The zero-order chi connectivity index (χ0) is 29.5. The second-order valence-electron chi connectivity index (χ2n) is 12.2. The number of carbonyl (C=O) groups is 1. The molecule has 2 aromatic carbocycles. The first-order valence-corrected chi connectivity index (χ1v) is 15.6. The molecule has 2 atom stereocenters. The van der Waals surface area contributed by atoms with Gasteiger partial charge in [-0.15, -0.1) is 0 Å². The smallest absolute Gasteiger partial charge is 0.264 e. The molecule has 2 aliphatic heterocycles. The van der Waals surface area contributed by atoms with Crippen molar-refractivity contribution in [2.75, 3.05) is 17.9 Å². The van der Waals surface area contributed by atoms with Crippen LogP contribution in [0.2, 0.25) is 0 Å². The van der Waals surface area contributed by atoms with Crippen molar-refractivity contribution in [1.29, 1.82) is 0 Å². The van der Waals surface area contributed by atoms with Crippen LogP contribution in [-0.4, -0.2) is 60.0 Å². The summed E-state index contributed by atoms with van der Waals surface area (Å²) >= 11 is 0. The minimum absolute atomic E-state index is 0.0311. The van der Waals surface area contributed by atoms with Gasteiger partial charge >= 0.3 is 0 Å². The van der Waals surface area contributed by atoms with E-state index in [9.17, 15) is 13.2 Å². The Morgan fingerprint density at radius 1 is 1.07 bits per heavy atom. The second kappa shape index (κ2) is 11.1. The molecule has 9 nitrogen and oxygen atoms in total. The molecule has 3 aromatic rings. The van der Waals surface area contributed by atoms with Crippen molar-refractivity contribution in [3.63, 3.8) is 0 Å². The van der Waals surface area contributed by atoms with Crippen LogP contribution in [0.3, 0.4) is 0 Å². The van der Waals surface area contributed by atoms with Gasteiger partial charge in [0.25, 0.3) is 15.9 Å². The minimum Gasteiger partial charge on any atom is -0.475 e. The van der Waals surface area contributed by atoms with Gasteiger partial charge < -0.3 is 15.0 Å². The SMILES string of the molecule is Cc1cccc(C)c1-c1cc2nc(n1)NS(=O)(=O)c1cccc(c1)C(=O)N(C1CNC(C)(C)C1)[C@H](CC(C)C)CO2. The zero-order valence-electron chi connectivity index (χ0n) is 24.6. The number of nitrogens with one attached hydrogen (secondary N) is 2. The molecule has 0 aliphatic carbocycles. The van der Waals surface area contributed by atoms with Crippen LogP contribution in [0.15, 0.2) is 53.4 Å². The van der Waals surface area contributed by atoms with E-state index in [4.69, 9.17) is 4.74 Å². The van der Waals surface area contributed by atoms with E-state index in [-0.39, 0.29) is 52.8 Å². The lowest BCUT2D eigenvalue weighted by Gasteiger charge is -2.37. The first kappa shape index (κ1) is 29.0. The molecule has 3 heterocycles. The molecule has 4 bridgehead atoms. The Bertz CT molecular complexity index is 1550. The maximum atomic E-state index is 14.2. The van der Waals surface area contributed by atoms with E-state index in [1.54, 1.807) is 18.2 Å². The normalized spacial score (nSPS) is 21.8. The van der Waals surface area contributed by atoms with Gasteiger partial charge in [0.05, 0.1) is 16.6 Å². The number of aryl methyl sites for hydroxylation is 2. The van der Waals surface area contributed by atoms with Gasteiger partial charge in [0.15, 0.2) is 0 Å². The van der Waals surface area contributed by atoms with Crippen molar-refractivity contribution in [3.05, 3.63) is 65.2 Å². The molecule has 1 saturated heterocycles. The van der Waals surface area contributed by atoms with Crippen LogP contribution < -0.4 is 14.8 Å². The van der Waals surface area contributed by atoms with E-state index < -0.39 is 10.0 Å². The summed E-state index contributed by atoms with van der Waals surface area (Å²) in [6, 6.07) is 13.5. The molecule has 0 saturated carbocycles. The summed E-state index contributed by atoms with van der Waals surface area (Å²) in [4.78, 5) is 25.1. The van der Waals surface area contributed by atoms with Crippen molar-refractivity contribution in [1.82, 2.24) is 20.2 Å². The first-order valence-electron chi connectivity index (χ1n) is 14.1. The van der Waals surface area contributed by atoms with Crippen molar-refractivity contribution < 1.29 is 17.9 Å². The highest BCUT2D eigenvalue weighted by Crippen LogP contribution is 2.32. The Balaban J connectivity index is 1.67. The van der Waals surface area contributed by atoms with Gasteiger partial charge in [-0.1, -0.05) is 38.1 Å². The minimum atomic E-state index is -4.10. The van der Waals surface area contributed by atoms with E-state index in [1.807, 2.05) is 36.9 Å². The molecule has 1 unspecified atom stereocenters. The number of carbonyl (C=O) groups excluding carboxylic acids is 1. The number of fused-ring (bicyclic) bond motifs is 4. The van der Waals surface area contributed by atoms with Crippen LogP contribution in [0.1, 0.15) is 62.0 Å². The Kier molecular flexibility index (Phi) is 7.82. The predicted octanol–water partition coefficient (Wildman–Crippen LogP) is 4.95. The maximum Gasteiger partial charge on any atom is 0.264 e. The zero-order valence-corrected chi connectivity index (χ0v) is 25.4. The molecular weight excluding hydrogens is 538 g/mol. The number of amides is 1. The molecule has 2 aliphatic rings. The van der Waals surface area contributed by atoms with Crippen LogP contribution in [0.5, 0.6) is 5.88 Å². The molecular formula is C31H39N5O4S. The van der Waals surface area contributed by atoms with Crippen molar-refractivity contribution in [2.45, 2.75) is 76.9 Å².